The molecule has 0 fully saturated rings. The largest absolute Gasteiger partial charge is 0.434 e. The molecule has 1 amide bonds. The number of alkyl halides is 2. The number of hydrogen-bond acceptors (Lipinski definition) is 6. The van der Waals surface area contributed by atoms with E-state index in [9.17, 15) is 22.0 Å². The number of nitrogens with one attached hydrogen (secondary N) is 1. The zero-order valence-electron chi connectivity index (χ0n) is 14.4. The number of thiazole rings is 1. The fourth-order valence-corrected chi connectivity index (χ4v) is 3.95. The molecule has 0 aliphatic rings. The number of rotatable bonds is 6. The molecule has 1 aromatic heterocycles. The van der Waals surface area contributed by atoms with E-state index >= 15 is 0 Å². The Bertz CT molecular complexity index is 1160. The van der Waals surface area contributed by atoms with Crippen LogP contribution >= 0.6 is 11.3 Å². The number of fused-ring (bicyclic) bond motifs is 1. The third-order valence-corrected chi connectivity index (χ3v) is 5.61. The standard InChI is InChI=1S/C18H14F2N2O4S2/c1-28(24,25)12-7-8-13-15(10-12)27-18(21-13)22-16(23)9-6-11-4-2-3-5-14(11)26-17(19)20/h2-10,17H,1H3,(H,21,22,23)/b9-6+. The minimum absolute atomic E-state index is 0.0464. The van der Waals surface area contributed by atoms with Crippen LogP contribution in [0.4, 0.5) is 13.9 Å². The predicted molar refractivity (Wildman–Crippen MR) is 103 cm³/mol. The molecular formula is C18H14F2N2O4S2. The number of amides is 1. The van der Waals surface area contributed by atoms with Crippen molar-refractivity contribution >= 4 is 48.5 Å². The van der Waals surface area contributed by atoms with Gasteiger partial charge in [-0.15, -0.1) is 0 Å². The summed E-state index contributed by atoms with van der Waals surface area (Å²) in [6.45, 7) is -2.97. The van der Waals surface area contributed by atoms with Crippen LogP contribution in [0.5, 0.6) is 5.75 Å². The zero-order valence-corrected chi connectivity index (χ0v) is 16.1. The molecule has 3 rings (SSSR count). The van der Waals surface area contributed by atoms with Crippen molar-refractivity contribution in [3.05, 3.63) is 54.1 Å². The molecule has 0 atom stereocenters. The van der Waals surface area contributed by atoms with Gasteiger partial charge in [-0.05, 0) is 30.3 Å². The van der Waals surface area contributed by atoms with Crippen LogP contribution < -0.4 is 10.1 Å². The molecule has 146 valence electrons. The van der Waals surface area contributed by atoms with Gasteiger partial charge in [0.15, 0.2) is 15.0 Å². The normalized spacial score (nSPS) is 12.0. The van der Waals surface area contributed by atoms with Gasteiger partial charge in [0.05, 0.1) is 15.1 Å². The Balaban J connectivity index is 1.76. The maximum atomic E-state index is 12.4. The van der Waals surface area contributed by atoms with Crippen molar-refractivity contribution in [2.24, 2.45) is 0 Å². The Morgan fingerprint density at radius 3 is 2.71 bits per heavy atom. The van der Waals surface area contributed by atoms with Gasteiger partial charge in [0.2, 0.25) is 5.91 Å². The number of sulfone groups is 1. The van der Waals surface area contributed by atoms with Crippen molar-refractivity contribution in [2.45, 2.75) is 11.5 Å². The van der Waals surface area contributed by atoms with Gasteiger partial charge < -0.3 is 4.74 Å². The highest BCUT2D eigenvalue weighted by Crippen LogP contribution is 2.28. The van der Waals surface area contributed by atoms with Gasteiger partial charge in [-0.3, -0.25) is 10.1 Å². The number of ether oxygens (including phenoxy) is 1. The number of benzene rings is 2. The Labute approximate surface area is 163 Å². The number of nitrogens with zero attached hydrogens (tertiary/aromatic N) is 1. The van der Waals surface area contributed by atoms with Crippen LogP contribution in [0.3, 0.4) is 0 Å². The first-order chi connectivity index (χ1) is 13.2. The molecular weight excluding hydrogens is 410 g/mol. The molecule has 0 bridgehead atoms. The fraction of sp³-hybridized carbons (Fsp3) is 0.111. The van der Waals surface area contributed by atoms with E-state index in [0.717, 1.165) is 17.6 Å². The molecule has 0 aliphatic heterocycles. The molecule has 1 N–H and O–H groups in total. The second-order valence-corrected chi connectivity index (χ2v) is 8.71. The van der Waals surface area contributed by atoms with Crippen molar-refractivity contribution in [3.8, 4) is 5.75 Å². The Kier molecular flexibility index (Phi) is 5.71. The van der Waals surface area contributed by atoms with Crippen molar-refractivity contribution in [1.82, 2.24) is 4.98 Å². The van der Waals surface area contributed by atoms with Crippen LogP contribution in [0.2, 0.25) is 0 Å². The zero-order chi connectivity index (χ0) is 20.3. The summed E-state index contributed by atoms with van der Waals surface area (Å²) in [4.78, 5) is 16.5. The van der Waals surface area contributed by atoms with Gasteiger partial charge in [0.25, 0.3) is 0 Å². The van der Waals surface area contributed by atoms with E-state index in [1.54, 1.807) is 18.2 Å². The van der Waals surface area contributed by atoms with Gasteiger partial charge >= 0.3 is 6.61 Å². The third-order valence-electron chi connectivity index (χ3n) is 3.57. The molecule has 2 aromatic carbocycles. The first-order valence-corrected chi connectivity index (χ1v) is 10.6. The topological polar surface area (TPSA) is 85.4 Å². The van der Waals surface area contributed by atoms with Crippen molar-refractivity contribution in [3.63, 3.8) is 0 Å². The van der Waals surface area contributed by atoms with E-state index in [4.69, 9.17) is 0 Å². The lowest BCUT2D eigenvalue weighted by Crippen LogP contribution is -2.07. The molecule has 3 aromatic rings. The average Bonchev–Trinajstić information content (AvgIpc) is 3.01. The minimum atomic E-state index is -3.35. The minimum Gasteiger partial charge on any atom is -0.434 e. The summed E-state index contributed by atoms with van der Waals surface area (Å²) in [7, 11) is -3.35. The molecule has 0 saturated carbocycles. The van der Waals surface area contributed by atoms with Crippen LogP contribution in [-0.4, -0.2) is 32.2 Å². The highest BCUT2D eigenvalue weighted by Gasteiger charge is 2.12. The molecule has 28 heavy (non-hydrogen) atoms. The van der Waals surface area contributed by atoms with E-state index in [0.29, 0.717) is 15.8 Å². The number of carbonyl (C=O) groups excluding carboxylic acids is 1. The van der Waals surface area contributed by atoms with Gasteiger partial charge in [-0.2, -0.15) is 8.78 Å². The maximum Gasteiger partial charge on any atom is 0.387 e. The SMILES string of the molecule is CS(=O)(=O)c1ccc2nc(NC(=O)/C=C/c3ccccc3OC(F)F)sc2c1. The first kappa shape index (κ1) is 19.9. The van der Waals surface area contributed by atoms with Gasteiger partial charge in [-0.1, -0.05) is 29.5 Å². The smallest absolute Gasteiger partial charge is 0.387 e. The quantitative estimate of drug-likeness (QED) is 0.606. The van der Waals surface area contributed by atoms with Crippen LogP contribution in [0.1, 0.15) is 5.56 Å². The van der Waals surface area contributed by atoms with Crippen molar-refractivity contribution < 1.29 is 26.7 Å². The summed E-state index contributed by atoms with van der Waals surface area (Å²) in [6, 6.07) is 10.6. The van der Waals surface area contributed by atoms with Gasteiger partial charge in [-0.25, -0.2) is 13.4 Å². The Morgan fingerprint density at radius 1 is 1.25 bits per heavy atom. The van der Waals surface area contributed by atoms with Crippen LogP contribution in [-0.2, 0) is 14.6 Å². The summed E-state index contributed by atoms with van der Waals surface area (Å²) < 4.78 is 53.1. The number of halogens is 2. The maximum absolute atomic E-state index is 12.4. The molecule has 0 aliphatic carbocycles. The fourth-order valence-electron chi connectivity index (χ4n) is 2.32. The van der Waals surface area contributed by atoms with Gasteiger partial charge in [0, 0.05) is 17.9 Å². The van der Waals surface area contributed by atoms with E-state index in [2.05, 4.69) is 15.0 Å². The lowest BCUT2D eigenvalue weighted by Gasteiger charge is -2.07. The van der Waals surface area contributed by atoms with Crippen LogP contribution in [0.25, 0.3) is 16.3 Å². The number of hydrogen-bond donors (Lipinski definition) is 1. The highest BCUT2D eigenvalue weighted by atomic mass is 32.2. The molecule has 6 nitrogen and oxygen atoms in total. The second-order valence-electron chi connectivity index (χ2n) is 5.66. The molecule has 1 heterocycles. The highest BCUT2D eigenvalue weighted by molar-refractivity contribution is 7.90. The number of anilines is 1. The third kappa shape index (κ3) is 4.90. The summed E-state index contributed by atoms with van der Waals surface area (Å²) in [6.07, 6.45) is 3.63. The lowest BCUT2D eigenvalue weighted by atomic mass is 10.2. The van der Waals surface area contributed by atoms with E-state index < -0.39 is 22.4 Å². The first-order valence-electron chi connectivity index (χ1n) is 7.86. The van der Waals surface area contributed by atoms with E-state index in [1.807, 2.05) is 0 Å². The lowest BCUT2D eigenvalue weighted by molar-refractivity contribution is -0.111. The number of para-hydroxylation sites is 1. The summed E-state index contributed by atoms with van der Waals surface area (Å²) in [5.41, 5.74) is 0.868. The summed E-state index contributed by atoms with van der Waals surface area (Å²) >= 11 is 1.12. The van der Waals surface area contributed by atoms with Crippen molar-refractivity contribution in [2.75, 3.05) is 11.6 Å². The van der Waals surface area contributed by atoms with Crippen molar-refractivity contribution in [1.29, 1.82) is 0 Å². The van der Waals surface area contributed by atoms with Crippen LogP contribution in [0, 0.1) is 0 Å². The average molecular weight is 424 g/mol. The number of carbonyl (C=O) groups is 1. The molecule has 0 radical (unpaired) electrons. The summed E-state index contributed by atoms with van der Waals surface area (Å²) in [5, 5.41) is 2.85. The molecule has 0 unspecified atom stereocenters. The second kappa shape index (κ2) is 8.03. The monoisotopic (exact) mass is 424 g/mol. The van der Waals surface area contributed by atoms with Gasteiger partial charge in [0.1, 0.15) is 5.75 Å². The summed E-state index contributed by atoms with van der Waals surface area (Å²) in [5.74, 6) is -0.566. The molecule has 0 saturated heterocycles. The molecule has 0 spiro atoms. The van der Waals surface area contributed by atoms with E-state index in [-0.39, 0.29) is 15.8 Å². The molecule has 10 heteroatoms. The van der Waals surface area contributed by atoms with Crippen LogP contribution in [0.15, 0.2) is 53.4 Å². The predicted octanol–water partition coefficient (Wildman–Crippen LogP) is 3.95. The van der Waals surface area contributed by atoms with E-state index in [1.165, 1.54) is 36.4 Å². The number of aromatic nitrogens is 1. The Morgan fingerprint density at radius 2 is 2.00 bits per heavy atom. The Hall–Kier alpha value is -2.85.